The number of ether oxygens (including phenoxy) is 2. The number of hydrogen-bond donors (Lipinski definition) is 0. The first kappa shape index (κ1) is 19.1. The number of carbonyl (C=O) groups is 2. The van der Waals surface area contributed by atoms with E-state index in [9.17, 15) is 9.59 Å². The molecule has 0 saturated carbocycles. The lowest BCUT2D eigenvalue weighted by atomic mass is 9.93. The van der Waals surface area contributed by atoms with Crippen LogP contribution in [-0.2, 0) is 9.59 Å². The molecule has 0 bridgehead atoms. The van der Waals surface area contributed by atoms with Gasteiger partial charge < -0.3 is 9.47 Å². The molecule has 1 fully saturated rings. The Hall–Kier alpha value is -3.65. The molecule has 3 aliphatic heterocycles. The van der Waals surface area contributed by atoms with Crippen LogP contribution < -0.4 is 19.4 Å². The van der Waals surface area contributed by atoms with E-state index in [2.05, 4.69) is 15.9 Å². The van der Waals surface area contributed by atoms with E-state index in [4.69, 9.17) is 14.6 Å². The van der Waals surface area contributed by atoms with E-state index < -0.39 is 12.0 Å². The molecule has 0 N–H and O–H groups in total. The Morgan fingerprint density at radius 3 is 2.38 bits per heavy atom. The number of anilines is 2. The number of carbonyl (C=O) groups excluding carboxylic acids is 2. The van der Waals surface area contributed by atoms with Crippen molar-refractivity contribution in [3.05, 3.63) is 82.8 Å². The molecule has 158 valence electrons. The molecule has 2 unspecified atom stereocenters. The molecule has 3 aromatic rings. The summed E-state index contributed by atoms with van der Waals surface area (Å²) in [5, 5.41) is 6.41. The van der Waals surface area contributed by atoms with Gasteiger partial charge in [-0.05, 0) is 42.0 Å². The Morgan fingerprint density at radius 1 is 0.844 bits per heavy atom. The number of fused-ring (bicyclic) bond motifs is 2. The molecule has 3 heterocycles. The molecule has 2 atom stereocenters. The van der Waals surface area contributed by atoms with Gasteiger partial charge >= 0.3 is 0 Å². The standard InChI is InChI=1S/C24H16BrN3O4/c25-15-8-6-14(7-9-15)21-20-22(28(26-21)16-4-2-1-3-5-16)24(30)27(23(20)29)17-10-11-18-19(12-17)32-13-31-18/h1-12,20,22H,13H2. The predicted octanol–water partition coefficient (Wildman–Crippen LogP) is 3.96. The maximum Gasteiger partial charge on any atom is 0.259 e. The van der Waals surface area contributed by atoms with Crippen molar-refractivity contribution in [2.75, 3.05) is 16.7 Å². The smallest absolute Gasteiger partial charge is 0.259 e. The number of rotatable bonds is 3. The normalized spacial score (nSPS) is 21.2. The number of nitrogens with zero attached hydrogens (tertiary/aromatic N) is 3. The van der Waals surface area contributed by atoms with Crippen molar-refractivity contribution in [1.82, 2.24) is 0 Å². The van der Waals surface area contributed by atoms with Crippen molar-refractivity contribution in [3.8, 4) is 11.5 Å². The minimum atomic E-state index is -0.756. The molecule has 0 aliphatic carbocycles. The minimum absolute atomic E-state index is 0.119. The van der Waals surface area contributed by atoms with Crippen LogP contribution in [0.5, 0.6) is 11.5 Å². The van der Waals surface area contributed by atoms with Crippen molar-refractivity contribution in [2.45, 2.75) is 6.04 Å². The van der Waals surface area contributed by atoms with Gasteiger partial charge in [-0.15, -0.1) is 0 Å². The van der Waals surface area contributed by atoms with Crippen LogP contribution >= 0.6 is 15.9 Å². The van der Waals surface area contributed by atoms with Gasteiger partial charge in [-0.1, -0.05) is 46.3 Å². The topological polar surface area (TPSA) is 71.4 Å². The zero-order chi connectivity index (χ0) is 21.8. The Balaban J connectivity index is 1.46. The van der Waals surface area contributed by atoms with Gasteiger partial charge in [0.2, 0.25) is 12.7 Å². The lowest BCUT2D eigenvalue weighted by Gasteiger charge is -2.22. The highest BCUT2D eigenvalue weighted by atomic mass is 79.9. The Bertz CT molecular complexity index is 1280. The molecule has 7 nitrogen and oxygen atoms in total. The molecule has 6 rings (SSSR count). The van der Waals surface area contributed by atoms with Gasteiger partial charge in [-0.2, -0.15) is 5.10 Å². The third-order valence-electron chi connectivity index (χ3n) is 5.82. The third-order valence-corrected chi connectivity index (χ3v) is 6.35. The summed E-state index contributed by atoms with van der Waals surface area (Å²) in [5.41, 5.74) is 2.59. The molecule has 0 spiro atoms. The fraction of sp³-hybridized carbons (Fsp3) is 0.125. The zero-order valence-corrected chi connectivity index (χ0v) is 18.2. The summed E-state index contributed by atoms with van der Waals surface area (Å²) in [6.07, 6.45) is 0. The van der Waals surface area contributed by atoms with Crippen LogP contribution in [0.15, 0.2) is 82.4 Å². The molecule has 32 heavy (non-hydrogen) atoms. The van der Waals surface area contributed by atoms with Crippen molar-refractivity contribution < 1.29 is 19.1 Å². The second-order valence-electron chi connectivity index (χ2n) is 7.64. The monoisotopic (exact) mass is 489 g/mol. The van der Waals surface area contributed by atoms with E-state index >= 15 is 0 Å². The predicted molar refractivity (Wildman–Crippen MR) is 122 cm³/mol. The zero-order valence-electron chi connectivity index (χ0n) is 16.6. The van der Waals surface area contributed by atoms with Gasteiger partial charge in [0.1, 0.15) is 12.0 Å². The van der Waals surface area contributed by atoms with E-state index in [1.54, 1.807) is 23.2 Å². The number of halogens is 1. The van der Waals surface area contributed by atoms with Crippen molar-refractivity contribution in [1.29, 1.82) is 0 Å². The van der Waals surface area contributed by atoms with Crippen LogP contribution in [0.4, 0.5) is 11.4 Å². The summed E-state index contributed by atoms with van der Waals surface area (Å²) in [6, 6.07) is 21.3. The van der Waals surface area contributed by atoms with E-state index in [1.165, 1.54) is 4.90 Å². The summed E-state index contributed by atoms with van der Waals surface area (Å²) in [5.74, 6) is -0.232. The first-order valence-electron chi connectivity index (χ1n) is 10.1. The van der Waals surface area contributed by atoms with Gasteiger partial charge in [-0.3, -0.25) is 14.6 Å². The van der Waals surface area contributed by atoms with Crippen LogP contribution in [0.3, 0.4) is 0 Å². The Labute approximate surface area is 192 Å². The number of imide groups is 1. The maximum absolute atomic E-state index is 13.6. The van der Waals surface area contributed by atoms with Crippen molar-refractivity contribution >= 4 is 44.8 Å². The fourth-order valence-electron chi connectivity index (χ4n) is 4.35. The van der Waals surface area contributed by atoms with Crippen LogP contribution in [0.2, 0.25) is 0 Å². The van der Waals surface area contributed by atoms with E-state index in [1.807, 2.05) is 54.6 Å². The Kier molecular flexibility index (Phi) is 4.29. The van der Waals surface area contributed by atoms with Gasteiger partial charge in [0, 0.05) is 10.5 Å². The van der Waals surface area contributed by atoms with Crippen molar-refractivity contribution in [3.63, 3.8) is 0 Å². The summed E-state index contributed by atoms with van der Waals surface area (Å²) in [4.78, 5) is 28.5. The van der Waals surface area contributed by atoms with Gasteiger partial charge in [0.25, 0.3) is 5.91 Å². The molecule has 8 heteroatoms. The summed E-state index contributed by atoms with van der Waals surface area (Å²) >= 11 is 3.44. The first-order valence-corrected chi connectivity index (χ1v) is 10.9. The number of amides is 2. The molecule has 0 radical (unpaired) electrons. The van der Waals surface area contributed by atoms with E-state index in [0.29, 0.717) is 22.9 Å². The summed E-state index contributed by atoms with van der Waals surface area (Å²) < 4.78 is 11.7. The molecule has 3 aliphatic rings. The molecular weight excluding hydrogens is 474 g/mol. The maximum atomic E-state index is 13.6. The highest BCUT2D eigenvalue weighted by Gasteiger charge is 2.57. The highest BCUT2D eigenvalue weighted by Crippen LogP contribution is 2.42. The first-order chi connectivity index (χ1) is 15.6. The average Bonchev–Trinajstić information content (AvgIpc) is 3.50. The van der Waals surface area contributed by atoms with E-state index in [-0.39, 0.29) is 18.6 Å². The second-order valence-corrected chi connectivity index (χ2v) is 8.56. The van der Waals surface area contributed by atoms with Crippen molar-refractivity contribution in [2.24, 2.45) is 11.0 Å². The number of benzene rings is 3. The SMILES string of the molecule is O=C1C2C(c3ccc(Br)cc3)=NN(c3ccccc3)C2C(=O)N1c1ccc2c(c1)OCO2. The lowest BCUT2D eigenvalue weighted by Crippen LogP contribution is -2.39. The number of para-hydroxylation sites is 1. The third kappa shape index (κ3) is 2.83. The van der Waals surface area contributed by atoms with Gasteiger partial charge in [0.05, 0.1) is 17.1 Å². The molecule has 1 saturated heterocycles. The van der Waals surface area contributed by atoms with Gasteiger partial charge in [-0.25, -0.2) is 4.90 Å². The molecule has 2 amide bonds. The largest absolute Gasteiger partial charge is 0.454 e. The quantitative estimate of drug-likeness (QED) is 0.520. The van der Waals surface area contributed by atoms with Gasteiger partial charge in [0.15, 0.2) is 11.5 Å². The molecule has 0 aromatic heterocycles. The minimum Gasteiger partial charge on any atom is -0.454 e. The van der Waals surface area contributed by atoms with Crippen LogP contribution in [0.1, 0.15) is 5.56 Å². The summed E-state index contributed by atoms with van der Waals surface area (Å²) in [6.45, 7) is 0.119. The number of hydrazone groups is 1. The van der Waals surface area contributed by atoms with Crippen LogP contribution in [-0.4, -0.2) is 30.4 Å². The fourth-order valence-corrected chi connectivity index (χ4v) is 4.61. The Morgan fingerprint density at radius 2 is 1.59 bits per heavy atom. The lowest BCUT2D eigenvalue weighted by molar-refractivity contribution is -0.121. The molecular formula is C24H16BrN3O4. The number of hydrogen-bond acceptors (Lipinski definition) is 6. The second kappa shape index (κ2) is 7.20. The van der Waals surface area contributed by atoms with Crippen LogP contribution in [0, 0.1) is 5.92 Å². The van der Waals surface area contributed by atoms with E-state index in [0.717, 1.165) is 15.7 Å². The van der Waals surface area contributed by atoms with Crippen LogP contribution in [0.25, 0.3) is 0 Å². The highest BCUT2D eigenvalue weighted by molar-refractivity contribution is 9.10. The molecule has 3 aromatic carbocycles. The summed E-state index contributed by atoms with van der Waals surface area (Å²) in [7, 11) is 0. The average molecular weight is 490 g/mol.